The maximum absolute atomic E-state index is 12.8. The van der Waals surface area contributed by atoms with Gasteiger partial charge in [0.2, 0.25) is 23.6 Å². The van der Waals surface area contributed by atoms with Crippen molar-refractivity contribution in [3.63, 3.8) is 0 Å². The van der Waals surface area contributed by atoms with Crippen LogP contribution in [0.15, 0.2) is 24.3 Å². The SMILES string of the molecule is CCc1ccc(CC(=O)NCC(=O)NC(CCCCNC(=O)CCN(N)ON)C(=O)NCCCN(N)ON)cc1. The van der Waals surface area contributed by atoms with Crippen molar-refractivity contribution >= 4 is 23.6 Å². The van der Waals surface area contributed by atoms with Crippen LogP contribution in [-0.4, -0.2) is 72.7 Å². The molecule has 1 aromatic carbocycles. The Kier molecular flexibility index (Phi) is 18.0. The van der Waals surface area contributed by atoms with Crippen molar-refractivity contribution in [2.24, 2.45) is 23.5 Å². The highest BCUT2D eigenvalue weighted by Gasteiger charge is 2.20. The zero-order chi connectivity index (χ0) is 29.8. The average molecular weight is 569 g/mol. The van der Waals surface area contributed by atoms with E-state index in [-0.39, 0.29) is 56.7 Å². The Balaban J connectivity index is 2.51. The van der Waals surface area contributed by atoms with Gasteiger partial charge in [-0.1, -0.05) is 31.2 Å². The number of hydroxylamine groups is 2. The zero-order valence-corrected chi connectivity index (χ0v) is 23.0. The van der Waals surface area contributed by atoms with Crippen LogP contribution in [0, 0.1) is 0 Å². The summed E-state index contributed by atoms with van der Waals surface area (Å²) in [6.45, 7) is 2.82. The molecule has 1 rings (SSSR count). The van der Waals surface area contributed by atoms with E-state index in [0.717, 1.165) is 22.3 Å². The summed E-state index contributed by atoms with van der Waals surface area (Å²) in [5.74, 6) is 19.2. The van der Waals surface area contributed by atoms with Crippen LogP contribution in [0.3, 0.4) is 0 Å². The lowest BCUT2D eigenvalue weighted by atomic mass is 10.1. The molecule has 0 aromatic heterocycles. The highest BCUT2D eigenvalue weighted by Crippen LogP contribution is 2.06. The lowest BCUT2D eigenvalue weighted by Gasteiger charge is -2.19. The van der Waals surface area contributed by atoms with Crippen LogP contribution >= 0.6 is 0 Å². The van der Waals surface area contributed by atoms with E-state index in [1.807, 2.05) is 31.2 Å². The molecule has 1 unspecified atom stereocenters. The van der Waals surface area contributed by atoms with E-state index in [0.29, 0.717) is 32.2 Å². The van der Waals surface area contributed by atoms with Crippen molar-refractivity contribution in [1.82, 2.24) is 31.6 Å². The number of hydrogen-bond acceptors (Lipinski definition) is 12. The van der Waals surface area contributed by atoms with Gasteiger partial charge >= 0.3 is 0 Å². The van der Waals surface area contributed by atoms with E-state index < -0.39 is 11.9 Å². The minimum Gasteiger partial charge on any atom is -0.356 e. The summed E-state index contributed by atoms with van der Waals surface area (Å²) in [5.41, 5.74) is 2.01. The molecule has 0 aliphatic rings. The number of unbranched alkanes of at least 4 members (excludes halogenated alkanes) is 1. The van der Waals surface area contributed by atoms with Crippen molar-refractivity contribution < 1.29 is 29.1 Å². The normalized spacial score (nSPS) is 11.8. The largest absolute Gasteiger partial charge is 0.356 e. The van der Waals surface area contributed by atoms with Crippen LogP contribution in [-0.2, 0) is 41.9 Å². The molecular formula is C24H44N10O6. The van der Waals surface area contributed by atoms with E-state index in [1.165, 1.54) is 5.56 Å². The van der Waals surface area contributed by atoms with Crippen LogP contribution in [0.5, 0.6) is 0 Å². The molecule has 226 valence electrons. The predicted molar refractivity (Wildman–Crippen MR) is 146 cm³/mol. The molecule has 4 amide bonds. The second-order valence-corrected chi connectivity index (χ2v) is 8.98. The number of aryl methyl sites for hydroxylation is 1. The van der Waals surface area contributed by atoms with Crippen molar-refractivity contribution in [3.05, 3.63) is 35.4 Å². The molecule has 0 heterocycles. The Labute approximate surface area is 234 Å². The number of amides is 4. The highest BCUT2D eigenvalue weighted by atomic mass is 16.8. The first-order chi connectivity index (χ1) is 19.2. The van der Waals surface area contributed by atoms with Crippen LogP contribution in [0.2, 0.25) is 0 Å². The van der Waals surface area contributed by atoms with Gasteiger partial charge in [0.05, 0.1) is 19.5 Å². The van der Waals surface area contributed by atoms with E-state index in [4.69, 9.17) is 23.5 Å². The van der Waals surface area contributed by atoms with Gasteiger partial charge in [-0.2, -0.15) is 21.7 Å². The fraction of sp³-hybridized carbons (Fsp3) is 0.583. The van der Waals surface area contributed by atoms with E-state index in [2.05, 4.69) is 31.1 Å². The maximum atomic E-state index is 12.8. The molecule has 1 atom stereocenters. The fourth-order valence-corrected chi connectivity index (χ4v) is 3.51. The van der Waals surface area contributed by atoms with Gasteiger partial charge in [-0.25, -0.2) is 11.7 Å². The van der Waals surface area contributed by atoms with Crippen LogP contribution in [0.4, 0.5) is 0 Å². The Hall–Kier alpha value is -3.22. The Morgan fingerprint density at radius 2 is 1.43 bits per heavy atom. The van der Waals surface area contributed by atoms with Gasteiger partial charge in [-0.05, 0) is 43.2 Å². The molecule has 16 heteroatoms. The Bertz CT molecular complexity index is 905. The number of carbonyl (C=O) groups excluding carboxylic acids is 4. The van der Waals surface area contributed by atoms with E-state index in [9.17, 15) is 19.2 Å². The quantitative estimate of drug-likeness (QED) is 0.0437. The molecule has 1 aromatic rings. The molecule has 0 aliphatic carbocycles. The van der Waals surface area contributed by atoms with Crippen LogP contribution in [0.25, 0.3) is 0 Å². The number of nitrogens with zero attached hydrogens (tertiary/aromatic N) is 2. The number of benzene rings is 1. The third-order valence-electron chi connectivity index (χ3n) is 5.82. The first-order valence-corrected chi connectivity index (χ1v) is 13.1. The van der Waals surface area contributed by atoms with Gasteiger partial charge in [0.25, 0.3) is 0 Å². The predicted octanol–water partition coefficient (Wildman–Crippen LogP) is -2.46. The molecule has 0 saturated carbocycles. The summed E-state index contributed by atoms with van der Waals surface area (Å²) in [7, 11) is 0. The summed E-state index contributed by atoms with van der Waals surface area (Å²) in [6.07, 6.45) is 3.01. The Morgan fingerprint density at radius 3 is 2.08 bits per heavy atom. The van der Waals surface area contributed by atoms with Gasteiger partial charge in [0.1, 0.15) is 6.04 Å². The second kappa shape index (κ2) is 20.7. The summed E-state index contributed by atoms with van der Waals surface area (Å²) >= 11 is 0. The van der Waals surface area contributed by atoms with Gasteiger partial charge in [0, 0.05) is 26.1 Å². The average Bonchev–Trinajstić information content (AvgIpc) is 2.96. The molecule has 0 aliphatic heterocycles. The molecule has 0 radical (unpaired) electrons. The number of nitrogens with one attached hydrogen (secondary N) is 4. The minimum absolute atomic E-state index is 0.0972. The first-order valence-electron chi connectivity index (χ1n) is 13.1. The van der Waals surface area contributed by atoms with Gasteiger partial charge in [0.15, 0.2) is 0 Å². The topological polar surface area (TPSA) is 245 Å². The molecule has 40 heavy (non-hydrogen) atoms. The van der Waals surface area contributed by atoms with Crippen molar-refractivity contribution in [2.45, 2.75) is 57.9 Å². The lowest BCUT2D eigenvalue weighted by Crippen LogP contribution is -2.50. The molecule has 0 bridgehead atoms. The number of nitrogens with two attached hydrogens (primary N) is 4. The number of rotatable bonds is 21. The van der Waals surface area contributed by atoms with Gasteiger partial charge in [-0.15, -0.1) is 10.3 Å². The van der Waals surface area contributed by atoms with Crippen LogP contribution < -0.4 is 44.7 Å². The summed E-state index contributed by atoms with van der Waals surface area (Å²) in [4.78, 5) is 58.0. The van der Waals surface area contributed by atoms with Crippen molar-refractivity contribution in [1.29, 1.82) is 0 Å². The van der Waals surface area contributed by atoms with E-state index in [1.54, 1.807) is 0 Å². The third-order valence-corrected chi connectivity index (χ3v) is 5.82. The molecular weight excluding hydrogens is 524 g/mol. The number of carbonyl (C=O) groups is 4. The summed E-state index contributed by atoms with van der Waals surface area (Å²) in [5, 5.41) is 12.5. The van der Waals surface area contributed by atoms with Crippen molar-refractivity contribution in [2.75, 3.05) is 32.7 Å². The molecule has 0 saturated heterocycles. The third kappa shape index (κ3) is 16.0. The van der Waals surface area contributed by atoms with Crippen LogP contribution in [0.1, 0.15) is 50.2 Å². The van der Waals surface area contributed by atoms with Crippen molar-refractivity contribution in [3.8, 4) is 0 Å². The fourth-order valence-electron chi connectivity index (χ4n) is 3.51. The molecule has 16 nitrogen and oxygen atoms in total. The lowest BCUT2D eigenvalue weighted by molar-refractivity contribution is -0.168. The standard InChI is InChI=1S/C24H44N10O6/c1-2-18-7-9-19(10-8-18)16-22(36)31-17-23(37)32-20(24(38)30-13-5-14-33(25)39-27)6-3-4-12-29-21(35)11-15-34(26)40-28/h7-10,20H,2-6,11-17,25-28H2,1H3,(H,29,35)(H,30,38)(H,31,36)(H,32,37). The molecule has 0 spiro atoms. The zero-order valence-electron chi connectivity index (χ0n) is 23.0. The highest BCUT2D eigenvalue weighted by molar-refractivity contribution is 5.90. The molecule has 12 N–H and O–H groups in total. The minimum atomic E-state index is -0.839. The number of hydrazine groups is 2. The van der Waals surface area contributed by atoms with Gasteiger partial charge < -0.3 is 21.3 Å². The van der Waals surface area contributed by atoms with E-state index >= 15 is 0 Å². The first kappa shape index (κ1) is 34.8. The second-order valence-electron chi connectivity index (χ2n) is 8.98. The summed E-state index contributed by atoms with van der Waals surface area (Å²) < 4.78 is 0. The monoisotopic (exact) mass is 568 g/mol. The van der Waals surface area contributed by atoms with Gasteiger partial charge in [-0.3, -0.25) is 19.2 Å². The maximum Gasteiger partial charge on any atom is 0.242 e. The smallest absolute Gasteiger partial charge is 0.242 e. The molecule has 0 fully saturated rings. The Morgan fingerprint density at radius 1 is 0.800 bits per heavy atom. The number of hydrogen-bond donors (Lipinski definition) is 8. The summed E-state index contributed by atoms with van der Waals surface area (Å²) in [6, 6.07) is 6.85.